The van der Waals surface area contributed by atoms with Crippen LogP contribution in [0.5, 0.6) is 0 Å². The molecule has 1 rings (SSSR count). The quantitative estimate of drug-likeness (QED) is 0.687. The highest BCUT2D eigenvalue weighted by Crippen LogP contribution is 2.31. The van der Waals surface area contributed by atoms with Gasteiger partial charge in [0.2, 0.25) is 5.91 Å². The van der Waals surface area contributed by atoms with Crippen molar-refractivity contribution in [3.63, 3.8) is 0 Å². The molecule has 1 aliphatic rings. The minimum Gasteiger partial charge on any atom is -0.352 e. The van der Waals surface area contributed by atoms with E-state index >= 15 is 0 Å². The largest absolute Gasteiger partial charge is 0.352 e. The summed E-state index contributed by atoms with van der Waals surface area (Å²) in [7, 11) is 0. The zero-order valence-electron chi connectivity index (χ0n) is 9.81. The Bertz CT molecular complexity index is 230. The van der Waals surface area contributed by atoms with E-state index < -0.39 is 0 Å². The topological polar surface area (TPSA) is 41.1 Å². The Labute approximate surface area is 92.3 Å². The molecule has 0 saturated carbocycles. The molecule has 1 unspecified atom stereocenters. The van der Waals surface area contributed by atoms with E-state index in [1.165, 1.54) is 6.42 Å². The summed E-state index contributed by atoms with van der Waals surface area (Å²) in [6, 6.07) is 0. The van der Waals surface area contributed by atoms with E-state index in [-0.39, 0.29) is 11.3 Å². The fourth-order valence-electron chi connectivity index (χ4n) is 2.05. The van der Waals surface area contributed by atoms with Crippen molar-refractivity contribution >= 4 is 5.91 Å². The van der Waals surface area contributed by atoms with E-state index in [1.54, 1.807) is 6.08 Å². The number of hydrogen-bond acceptors (Lipinski definition) is 2. The van der Waals surface area contributed by atoms with Crippen LogP contribution >= 0.6 is 0 Å². The van der Waals surface area contributed by atoms with Gasteiger partial charge in [0.1, 0.15) is 0 Å². The van der Waals surface area contributed by atoms with Gasteiger partial charge >= 0.3 is 0 Å². The average molecular weight is 210 g/mol. The third-order valence-electron chi connectivity index (χ3n) is 3.31. The molecule has 1 amide bonds. The molecular formula is C12H22N2O. The van der Waals surface area contributed by atoms with Crippen LogP contribution in [0.3, 0.4) is 0 Å². The Hall–Kier alpha value is -0.830. The van der Waals surface area contributed by atoms with Crippen molar-refractivity contribution in [1.82, 2.24) is 10.6 Å². The van der Waals surface area contributed by atoms with Gasteiger partial charge in [0.25, 0.3) is 0 Å². The van der Waals surface area contributed by atoms with E-state index in [4.69, 9.17) is 0 Å². The van der Waals surface area contributed by atoms with Crippen molar-refractivity contribution in [2.75, 3.05) is 19.6 Å². The maximum absolute atomic E-state index is 11.9. The highest BCUT2D eigenvalue weighted by molar-refractivity contribution is 5.82. The molecule has 3 nitrogen and oxygen atoms in total. The van der Waals surface area contributed by atoms with Gasteiger partial charge < -0.3 is 10.6 Å². The first-order chi connectivity index (χ1) is 7.09. The minimum absolute atomic E-state index is 0.135. The molecule has 1 fully saturated rings. The monoisotopic (exact) mass is 210 g/mol. The number of carbonyl (C=O) groups is 1. The van der Waals surface area contributed by atoms with Crippen LogP contribution in [0.4, 0.5) is 0 Å². The second-order valence-electron chi connectivity index (χ2n) is 4.76. The normalized spacial score (nSPS) is 22.1. The predicted octanol–water partition coefficient (Wildman–Crippen LogP) is 1.31. The zero-order valence-corrected chi connectivity index (χ0v) is 9.81. The number of hydrogen-bond donors (Lipinski definition) is 2. The first kappa shape index (κ1) is 12.2. The molecule has 1 heterocycles. The van der Waals surface area contributed by atoms with Crippen LogP contribution in [0, 0.1) is 11.3 Å². The van der Waals surface area contributed by atoms with Gasteiger partial charge in [-0.15, -0.1) is 6.58 Å². The first-order valence-electron chi connectivity index (χ1n) is 5.69. The summed E-state index contributed by atoms with van der Waals surface area (Å²) in [4.78, 5) is 11.9. The fraction of sp³-hybridized carbons (Fsp3) is 0.750. The summed E-state index contributed by atoms with van der Waals surface area (Å²) < 4.78 is 0. The van der Waals surface area contributed by atoms with Crippen LogP contribution in [-0.4, -0.2) is 25.5 Å². The van der Waals surface area contributed by atoms with E-state index in [2.05, 4.69) is 17.2 Å². The van der Waals surface area contributed by atoms with Crippen LogP contribution in [0.1, 0.15) is 26.7 Å². The molecule has 1 saturated heterocycles. The molecular weight excluding hydrogens is 188 g/mol. The first-order valence-corrected chi connectivity index (χ1v) is 5.69. The van der Waals surface area contributed by atoms with Crippen LogP contribution in [0.25, 0.3) is 0 Å². The Morgan fingerprint density at radius 1 is 1.67 bits per heavy atom. The maximum atomic E-state index is 11.9. The molecule has 1 atom stereocenters. The second-order valence-corrected chi connectivity index (χ2v) is 4.76. The molecule has 0 spiro atoms. The molecule has 0 aromatic heterocycles. The van der Waals surface area contributed by atoms with E-state index in [0.717, 1.165) is 19.5 Å². The molecule has 0 radical (unpaired) electrons. The molecule has 0 aromatic carbocycles. The Balaban J connectivity index is 2.54. The fourth-order valence-corrected chi connectivity index (χ4v) is 2.05. The minimum atomic E-state index is -0.281. The Morgan fingerprint density at radius 3 is 2.93 bits per heavy atom. The number of rotatable bonds is 4. The van der Waals surface area contributed by atoms with E-state index in [9.17, 15) is 4.79 Å². The molecule has 15 heavy (non-hydrogen) atoms. The summed E-state index contributed by atoms with van der Waals surface area (Å²) >= 11 is 0. The summed E-state index contributed by atoms with van der Waals surface area (Å²) in [5.74, 6) is 0.576. The van der Waals surface area contributed by atoms with Gasteiger partial charge in [0, 0.05) is 12.0 Å². The van der Waals surface area contributed by atoms with Crippen LogP contribution in [0.2, 0.25) is 0 Å². The lowest BCUT2D eigenvalue weighted by Gasteiger charge is -2.35. The lowest BCUT2D eigenvalue weighted by molar-refractivity contribution is -0.132. The van der Waals surface area contributed by atoms with Crippen molar-refractivity contribution < 1.29 is 4.79 Å². The van der Waals surface area contributed by atoms with Gasteiger partial charge in [-0.05, 0) is 31.8 Å². The standard InChI is InChI=1S/C12H22N2O/c1-4-7-14-11(15)12(2,3)10-6-5-8-13-9-10/h4,10,13H,1,5-9H2,2-3H3,(H,14,15). The van der Waals surface area contributed by atoms with Gasteiger partial charge in [0.05, 0.1) is 0 Å². The molecule has 1 aliphatic heterocycles. The lowest BCUT2D eigenvalue weighted by atomic mass is 9.74. The molecule has 3 heteroatoms. The lowest BCUT2D eigenvalue weighted by Crippen LogP contribution is -2.47. The van der Waals surface area contributed by atoms with E-state index in [1.807, 2.05) is 13.8 Å². The number of amides is 1. The summed E-state index contributed by atoms with van der Waals surface area (Å²) in [5.41, 5.74) is -0.281. The van der Waals surface area contributed by atoms with Crippen LogP contribution in [0.15, 0.2) is 12.7 Å². The third kappa shape index (κ3) is 3.06. The van der Waals surface area contributed by atoms with Crippen molar-refractivity contribution in [3.8, 4) is 0 Å². The zero-order chi connectivity index (χ0) is 11.3. The molecule has 0 aliphatic carbocycles. The average Bonchev–Trinajstić information content (AvgIpc) is 2.27. The van der Waals surface area contributed by atoms with Crippen molar-refractivity contribution in [1.29, 1.82) is 0 Å². The van der Waals surface area contributed by atoms with Crippen molar-refractivity contribution in [2.45, 2.75) is 26.7 Å². The molecule has 0 aromatic rings. The Kier molecular flexibility index (Phi) is 4.33. The Morgan fingerprint density at radius 2 is 2.40 bits per heavy atom. The van der Waals surface area contributed by atoms with Gasteiger partial charge in [0.15, 0.2) is 0 Å². The van der Waals surface area contributed by atoms with Crippen molar-refractivity contribution in [3.05, 3.63) is 12.7 Å². The third-order valence-corrected chi connectivity index (χ3v) is 3.31. The highest BCUT2D eigenvalue weighted by atomic mass is 16.2. The summed E-state index contributed by atoms with van der Waals surface area (Å²) in [6.07, 6.45) is 4.03. The van der Waals surface area contributed by atoms with Gasteiger partial charge in [-0.3, -0.25) is 4.79 Å². The van der Waals surface area contributed by atoms with Crippen molar-refractivity contribution in [2.24, 2.45) is 11.3 Å². The number of nitrogens with one attached hydrogen (secondary N) is 2. The smallest absolute Gasteiger partial charge is 0.226 e. The molecule has 2 N–H and O–H groups in total. The van der Waals surface area contributed by atoms with Gasteiger partial charge in [-0.2, -0.15) is 0 Å². The van der Waals surface area contributed by atoms with Gasteiger partial charge in [-0.25, -0.2) is 0 Å². The SMILES string of the molecule is C=CCNC(=O)C(C)(C)C1CCCNC1. The van der Waals surface area contributed by atoms with Gasteiger partial charge in [-0.1, -0.05) is 19.9 Å². The summed E-state index contributed by atoms with van der Waals surface area (Å²) in [6.45, 7) is 10.3. The van der Waals surface area contributed by atoms with Crippen LogP contribution < -0.4 is 10.6 Å². The summed E-state index contributed by atoms with van der Waals surface area (Å²) in [5, 5.41) is 6.24. The molecule has 86 valence electrons. The van der Waals surface area contributed by atoms with E-state index in [0.29, 0.717) is 12.5 Å². The highest BCUT2D eigenvalue weighted by Gasteiger charge is 2.36. The maximum Gasteiger partial charge on any atom is 0.226 e. The second kappa shape index (κ2) is 5.31. The molecule has 0 bridgehead atoms. The predicted molar refractivity (Wildman–Crippen MR) is 62.6 cm³/mol. The number of piperidine rings is 1. The number of carbonyl (C=O) groups excluding carboxylic acids is 1. The van der Waals surface area contributed by atoms with Crippen LogP contribution in [-0.2, 0) is 4.79 Å².